The zero-order valence-electron chi connectivity index (χ0n) is 14.8. The second kappa shape index (κ2) is 8.57. The topological polar surface area (TPSA) is 104 Å². The Labute approximate surface area is 158 Å². The number of alkyl halides is 3. The first-order valence-electron chi connectivity index (χ1n) is 8.35. The second-order valence-corrected chi connectivity index (χ2v) is 6.37. The molecule has 152 valence electrons. The highest BCUT2D eigenvalue weighted by Gasteiger charge is 2.42. The molecule has 1 heterocycles. The summed E-state index contributed by atoms with van der Waals surface area (Å²) >= 11 is 0. The van der Waals surface area contributed by atoms with Gasteiger partial charge >= 0.3 is 12.1 Å². The maximum atomic E-state index is 13.2. The number of rotatable bonds is 0. The summed E-state index contributed by atoms with van der Waals surface area (Å²) in [5, 5.41) is 29.7. The van der Waals surface area contributed by atoms with Crippen LogP contribution in [0.15, 0.2) is 30.4 Å². The highest BCUT2D eigenvalue weighted by atomic mass is 19.4. The number of fused-ring (bicyclic) bond motifs is 1. The summed E-state index contributed by atoms with van der Waals surface area (Å²) in [7, 11) is 0. The molecule has 0 bridgehead atoms. The number of aliphatic hydroxyl groups is 2. The first-order chi connectivity index (χ1) is 13.0. The van der Waals surface area contributed by atoms with Gasteiger partial charge in [-0.1, -0.05) is 24.3 Å². The Morgan fingerprint density at radius 2 is 1.71 bits per heavy atom. The number of hydrogen-bond acceptors (Lipinski definition) is 6. The lowest BCUT2D eigenvalue weighted by atomic mass is 10.00. The molecule has 0 unspecified atom stereocenters. The number of carbonyl (C=O) groups excluding carboxylic acids is 2. The fraction of sp³-hybridized carbons (Fsp3) is 0.368. The summed E-state index contributed by atoms with van der Waals surface area (Å²) in [4.78, 5) is 24.1. The number of halogens is 3. The Morgan fingerprint density at radius 3 is 2.36 bits per heavy atom. The molecular formula is C19H19F3O6. The van der Waals surface area contributed by atoms with Crippen molar-refractivity contribution in [3.05, 3.63) is 47.1 Å². The number of aromatic hydroxyl groups is 1. The van der Waals surface area contributed by atoms with Crippen molar-refractivity contribution in [2.24, 2.45) is 0 Å². The van der Waals surface area contributed by atoms with E-state index in [1.807, 2.05) is 0 Å². The summed E-state index contributed by atoms with van der Waals surface area (Å²) < 4.78 is 44.2. The molecule has 0 fully saturated rings. The van der Waals surface area contributed by atoms with Gasteiger partial charge < -0.3 is 20.1 Å². The van der Waals surface area contributed by atoms with Crippen LogP contribution in [0.2, 0.25) is 0 Å². The smallest absolute Gasteiger partial charge is 0.425 e. The van der Waals surface area contributed by atoms with Crippen LogP contribution in [0, 0.1) is 6.92 Å². The van der Waals surface area contributed by atoms with E-state index in [1.54, 1.807) is 6.92 Å². The van der Waals surface area contributed by atoms with Crippen LogP contribution in [0.3, 0.4) is 0 Å². The van der Waals surface area contributed by atoms with Gasteiger partial charge in [0.1, 0.15) is 17.4 Å². The number of ether oxygens (including phenoxy) is 1. The molecular weight excluding hydrogens is 381 g/mol. The summed E-state index contributed by atoms with van der Waals surface area (Å²) in [6, 6.07) is 2.64. The Bertz CT molecular complexity index is 813. The van der Waals surface area contributed by atoms with Gasteiger partial charge in [-0.25, -0.2) is 4.79 Å². The maximum absolute atomic E-state index is 13.2. The van der Waals surface area contributed by atoms with Crippen LogP contribution in [-0.2, 0) is 9.53 Å². The minimum absolute atomic E-state index is 0.0732. The van der Waals surface area contributed by atoms with Crippen molar-refractivity contribution >= 4 is 17.8 Å². The standard InChI is InChI=1S/C19H19F3O6/c1-10-8-11-4-2-5-12(23)17(26)13(24)6-3-7-15(19(20,21)22)28-18(27)16(11)14(25)9-10/h2-4,6,8-9,12,15,17,23,25-26H,5,7H2,1H3/b4-2+,6-3-/t12-,15+,17-/m0/s1. The van der Waals surface area contributed by atoms with Crippen molar-refractivity contribution in [1.82, 2.24) is 0 Å². The summed E-state index contributed by atoms with van der Waals surface area (Å²) in [6.45, 7) is 1.60. The van der Waals surface area contributed by atoms with E-state index in [2.05, 4.69) is 4.74 Å². The average Bonchev–Trinajstić information content (AvgIpc) is 2.57. The van der Waals surface area contributed by atoms with Crippen LogP contribution >= 0.6 is 0 Å². The van der Waals surface area contributed by atoms with E-state index in [0.717, 1.165) is 6.08 Å². The van der Waals surface area contributed by atoms with Crippen LogP contribution in [0.4, 0.5) is 13.2 Å². The molecule has 6 nitrogen and oxygen atoms in total. The quantitative estimate of drug-likeness (QED) is 0.578. The number of phenols is 1. The van der Waals surface area contributed by atoms with E-state index in [9.17, 15) is 38.1 Å². The largest absolute Gasteiger partial charge is 0.507 e. The molecule has 0 aromatic heterocycles. The van der Waals surface area contributed by atoms with Gasteiger partial charge in [0, 0.05) is 6.42 Å². The van der Waals surface area contributed by atoms with Gasteiger partial charge in [-0.05, 0) is 36.6 Å². The van der Waals surface area contributed by atoms with Crippen LogP contribution in [0.25, 0.3) is 6.08 Å². The minimum Gasteiger partial charge on any atom is -0.507 e. The number of phenolic OH excluding ortho intramolecular Hbond substituents is 1. The summed E-state index contributed by atoms with van der Waals surface area (Å²) in [5.74, 6) is -2.90. The molecule has 28 heavy (non-hydrogen) atoms. The predicted octanol–water partition coefficient (Wildman–Crippen LogP) is 2.44. The van der Waals surface area contributed by atoms with Gasteiger partial charge in [0.25, 0.3) is 0 Å². The van der Waals surface area contributed by atoms with Gasteiger partial charge in [-0.2, -0.15) is 13.2 Å². The number of benzene rings is 1. The molecule has 0 saturated heterocycles. The average molecular weight is 400 g/mol. The van der Waals surface area contributed by atoms with Gasteiger partial charge in [0.05, 0.1) is 6.10 Å². The highest BCUT2D eigenvalue weighted by Crippen LogP contribution is 2.31. The van der Waals surface area contributed by atoms with Crippen LogP contribution < -0.4 is 0 Å². The van der Waals surface area contributed by atoms with E-state index in [0.29, 0.717) is 11.6 Å². The maximum Gasteiger partial charge on any atom is 0.425 e. The minimum atomic E-state index is -4.92. The van der Waals surface area contributed by atoms with E-state index in [4.69, 9.17) is 0 Å². The molecule has 1 aliphatic heterocycles. The second-order valence-electron chi connectivity index (χ2n) is 6.37. The van der Waals surface area contributed by atoms with Crippen molar-refractivity contribution in [1.29, 1.82) is 0 Å². The molecule has 0 aliphatic carbocycles. The molecule has 1 aliphatic rings. The van der Waals surface area contributed by atoms with Crippen molar-refractivity contribution in [3.63, 3.8) is 0 Å². The Morgan fingerprint density at radius 1 is 1.07 bits per heavy atom. The molecule has 3 N–H and O–H groups in total. The lowest BCUT2D eigenvalue weighted by Gasteiger charge is -2.21. The van der Waals surface area contributed by atoms with Crippen LogP contribution in [0.5, 0.6) is 5.75 Å². The molecule has 0 saturated carbocycles. The lowest BCUT2D eigenvalue weighted by molar-refractivity contribution is -0.203. The molecule has 0 spiro atoms. The molecule has 9 heteroatoms. The normalized spacial score (nSPS) is 26.7. The third kappa shape index (κ3) is 5.20. The molecule has 0 amide bonds. The first-order valence-corrected chi connectivity index (χ1v) is 8.35. The SMILES string of the molecule is Cc1cc(O)c2c(c1)/C=C/C[C@H](O)[C@H](O)C(=O)/C=C\C[C@H](C(F)(F)F)OC2=O. The predicted molar refractivity (Wildman–Crippen MR) is 92.5 cm³/mol. The Kier molecular flexibility index (Phi) is 6.63. The van der Waals surface area contributed by atoms with E-state index >= 15 is 0 Å². The number of aryl methyl sites for hydroxylation is 1. The van der Waals surface area contributed by atoms with Gasteiger partial charge in [-0.15, -0.1) is 0 Å². The van der Waals surface area contributed by atoms with Gasteiger partial charge in [-0.3, -0.25) is 4.79 Å². The number of aliphatic hydroxyl groups excluding tert-OH is 2. The van der Waals surface area contributed by atoms with Crippen LogP contribution in [-0.4, -0.2) is 51.6 Å². The van der Waals surface area contributed by atoms with E-state index in [-0.39, 0.29) is 12.0 Å². The highest BCUT2D eigenvalue weighted by molar-refractivity contribution is 5.97. The number of ketones is 1. The Balaban J connectivity index is 2.53. The number of hydrogen-bond donors (Lipinski definition) is 3. The molecule has 2 rings (SSSR count). The zero-order chi connectivity index (χ0) is 21.1. The fourth-order valence-electron chi connectivity index (χ4n) is 2.64. The number of esters is 1. The summed E-state index contributed by atoms with van der Waals surface area (Å²) in [5.41, 5.74) is 0.146. The molecule has 3 atom stereocenters. The van der Waals surface area contributed by atoms with Crippen molar-refractivity contribution in [2.45, 2.75) is 44.3 Å². The van der Waals surface area contributed by atoms with Crippen molar-refractivity contribution < 1.29 is 42.8 Å². The molecule has 0 radical (unpaired) electrons. The van der Waals surface area contributed by atoms with Crippen molar-refractivity contribution in [3.8, 4) is 5.75 Å². The molecule has 1 aromatic carbocycles. The monoisotopic (exact) mass is 400 g/mol. The first kappa shape index (κ1) is 21.6. The lowest BCUT2D eigenvalue weighted by Crippen LogP contribution is -2.34. The Hall–Kier alpha value is -2.65. The third-order valence-corrected chi connectivity index (χ3v) is 4.07. The fourth-order valence-corrected chi connectivity index (χ4v) is 2.64. The summed E-state index contributed by atoms with van der Waals surface area (Å²) in [6.07, 6.45) is -7.73. The zero-order valence-corrected chi connectivity index (χ0v) is 14.8. The number of carbonyl (C=O) groups is 2. The van der Waals surface area contributed by atoms with Gasteiger partial charge in [0.2, 0.25) is 6.10 Å². The third-order valence-electron chi connectivity index (χ3n) is 4.07. The van der Waals surface area contributed by atoms with Gasteiger partial charge in [0.15, 0.2) is 5.78 Å². The number of cyclic esters (lactones) is 1. The van der Waals surface area contributed by atoms with Crippen LogP contribution in [0.1, 0.15) is 34.3 Å². The van der Waals surface area contributed by atoms with E-state index < -0.39 is 54.0 Å². The molecule has 1 aromatic rings. The van der Waals surface area contributed by atoms with E-state index in [1.165, 1.54) is 24.3 Å². The van der Waals surface area contributed by atoms with Crippen molar-refractivity contribution in [2.75, 3.05) is 0 Å².